The van der Waals surface area contributed by atoms with Crippen LogP contribution in [0.15, 0.2) is 53.7 Å². The van der Waals surface area contributed by atoms with Crippen LogP contribution in [-0.2, 0) is 11.4 Å². The smallest absolute Gasteiger partial charge is 0.318 e. The summed E-state index contributed by atoms with van der Waals surface area (Å²) in [7, 11) is 1.62. The molecule has 1 aliphatic rings. The van der Waals surface area contributed by atoms with E-state index < -0.39 is 0 Å². The number of hydrogen-bond acceptors (Lipinski definition) is 4. The number of rotatable bonds is 7. The van der Waals surface area contributed by atoms with E-state index in [9.17, 15) is 9.18 Å². The number of methoxy groups -OCH3 is 1. The zero-order valence-corrected chi connectivity index (χ0v) is 16.9. The van der Waals surface area contributed by atoms with Gasteiger partial charge in [-0.1, -0.05) is 23.4 Å². The highest BCUT2D eigenvalue weighted by Gasteiger charge is 2.27. The Morgan fingerprint density at radius 1 is 1.28 bits per heavy atom. The second-order valence-electron chi connectivity index (χ2n) is 7.27. The Kier molecular flexibility index (Phi) is 6.69. The summed E-state index contributed by atoms with van der Waals surface area (Å²) in [6, 6.07) is 13.8. The van der Waals surface area contributed by atoms with Crippen molar-refractivity contribution in [3.63, 3.8) is 0 Å². The molecule has 3 rings (SSSR count). The van der Waals surface area contributed by atoms with Crippen molar-refractivity contribution in [2.24, 2.45) is 5.16 Å². The lowest BCUT2D eigenvalue weighted by Crippen LogP contribution is -2.45. The van der Waals surface area contributed by atoms with Crippen LogP contribution in [0.25, 0.3) is 0 Å². The van der Waals surface area contributed by atoms with E-state index in [4.69, 9.17) is 9.57 Å². The summed E-state index contributed by atoms with van der Waals surface area (Å²) in [6.45, 7) is 4.23. The van der Waals surface area contributed by atoms with Crippen LogP contribution in [0, 0.1) is 5.82 Å². The molecule has 6 nitrogen and oxygen atoms in total. The maximum Gasteiger partial charge on any atom is 0.318 e. The third kappa shape index (κ3) is 5.47. The number of oxime groups is 1. The first-order valence-electron chi connectivity index (χ1n) is 9.62. The molecule has 0 fully saturated rings. The van der Waals surface area contributed by atoms with Gasteiger partial charge in [-0.05, 0) is 49.7 Å². The average molecular weight is 399 g/mol. The molecule has 2 aromatic rings. The number of nitrogens with one attached hydrogen (secondary N) is 1. The standard InChI is InChI=1S/C22H26FN3O3/c1-15(2)24-22(27)26(13-17-6-4-5-7-20(17)23)14-19-12-21(25-29-19)16-8-10-18(28-3)11-9-16/h4-11,15,19H,12-14H2,1-3H3,(H,24,27)/t19-/m1/s1. The number of nitrogens with zero attached hydrogens (tertiary/aromatic N) is 2. The Bertz CT molecular complexity index is 868. The van der Waals surface area contributed by atoms with Crippen molar-refractivity contribution < 1.29 is 18.8 Å². The van der Waals surface area contributed by atoms with E-state index in [1.165, 1.54) is 6.07 Å². The molecular formula is C22H26FN3O3. The highest BCUT2D eigenvalue weighted by molar-refractivity contribution is 6.01. The van der Waals surface area contributed by atoms with Crippen LogP contribution in [0.1, 0.15) is 31.4 Å². The minimum Gasteiger partial charge on any atom is -0.497 e. The van der Waals surface area contributed by atoms with Gasteiger partial charge in [0.2, 0.25) is 0 Å². The van der Waals surface area contributed by atoms with Gasteiger partial charge < -0.3 is 19.8 Å². The molecular weight excluding hydrogens is 373 g/mol. The predicted octanol–water partition coefficient (Wildman–Crippen LogP) is 3.95. The minimum atomic E-state index is -0.336. The van der Waals surface area contributed by atoms with Gasteiger partial charge in [-0.2, -0.15) is 0 Å². The molecule has 154 valence electrons. The van der Waals surface area contributed by atoms with Gasteiger partial charge in [0, 0.05) is 18.0 Å². The van der Waals surface area contributed by atoms with Crippen molar-refractivity contribution in [2.45, 2.75) is 39.0 Å². The Hall–Kier alpha value is -3.09. The summed E-state index contributed by atoms with van der Waals surface area (Å²) < 4.78 is 19.3. The van der Waals surface area contributed by atoms with Gasteiger partial charge in [0.15, 0.2) is 6.10 Å². The molecule has 0 saturated heterocycles. The summed E-state index contributed by atoms with van der Waals surface area (Å²) in [5, 5.41) is 7.05. The Labute approximate surface area is 170 Å². The van der Waals surface area contributed by atoms with Crippen molar-refractivity contribution in [1.29, 1.82) is 0 Å². The number of urea groups is 1. The van der Waals surface area contributed by atoms with E-state index in [1.54, 1.807) is 30.2 Å². The van der Waals surface area contributed by atoms with Crippen molar-refractivity contribution in [2.75, 3.05) is 13.7 Å². The van der Waals surface area contributed by atoms with E-state index in [2.05, 4.69) is 10.5 Å². The lowest BCUT2D eigenvalue weighted by atomic mass is 10.0. The molecule has 2 amide bonds. The van der Waals surface area contributed by atoms with Gasteiger partial charge in [0.05, 0.1) is 25.9 Å². The summed E-state index contributed by atoms with van der Waals surface area (Å²) in [5.74, 6) is 0.434. The van der Waals surface area contributed by atoms with Crippen LogP contribution in [0.3, 0.4) is 0 Å². The summed E-state index contributed by atoms with van der Waals surface area (Å²) in [4.78, 5) is 19.8. The fraction of sp³-hybridized carbons (Fsp3) is 0.364. The number of amides is 2. The van der Waals surface area contributed by atoms with Gasteiger partial charge in [0.1, 0.15) is 11.6 Å². The first-order valence-corrected chi connectivity index (χ1v) is 9.62. The fourth-order valence-electron chi connectivity index (χ4n) is 3.12. The normalized spacial score (nSPS) is 15.6. The molecule has 29 heavy (non-hydrogen) atoms. The van der Waals surface area contributed by atoms with Crippen LogP contribution in [0.5, 0.6) is 5.75 Å². The van der Waals surface area contributed by atoms with Crippen molar-refractivity contribution in [3.05, 3.63) is 65.5 Å². The first kappa shape index (κ1) is 20.6. The first-order chi connectivity index (χ1) is 14.0. The molecule has 0 radical (unpaired) electrons. The molecule has 0 aromatic heterocycles. The van der Waals surface area contributed by atoms with E-state index in [-0.39, 0.29) is 30.5 Å². The summed E-state index contributed by atoms with van der Waals surface area (Å²) in [6.07, 6.45) is 0.270. The second-order valence-corrected chi connectivity index (χ2v) is 7.27. The van der Waals surface area contributed by atoms with Crippen LogP contribution in [-0.4, -0.2) is 42.4 Å². The van der Waals surface area contributed by atoms with Crippen LogP contribution in [0.2, 0.25) is 0 Å². The van der Waals surface area contributed by atoms with Crippen LogP contribution < -0.4 is 10.1 Å². The van der Waals surface area contributed by atoms with Crippen molar-refractivity contribution in [3.8, 4) is 5.75 Å². The SMILES string of the molecule is COc1ccc(C2=NO[C@@H](CN(Cc3ccccc3F)C(=O)NC(C)C)C2)cc1. The van der Waals surface area contributed by atoms with Gasteiger partial charge in [0.25, 0.3) is 0 Å². The third-order valence-corrected chi connectivity index (χ3v) is 4.60. The van der Waals surface area contributed by atoms with E-state index in [0.29, 0.717) is 18.5 Å². The molecule has 1 aliphatic heterocycles. The molecule has 0 unspecified atom stereocenters. The highest BCUT2D eigenvalue weighted by Crippen LogP contribution is 2.21. The van der Waals surface area contributed by atoms with Gasteiger partial charge in [-0.25, -0.2) is 9.18 Å². The Balaban J connectivity index is 1.67. The molecule has 7 heteroatoms. The molecule has 0 saturated carbocycles. The van der Waals surface area contributed by atoms with Crippen LogP contribution >= 0.6 is 0 Å². The number of carbonyl (C=O) groups is 1. The third-order valence-electron chi connectivity index (χ3n) is 4.60. The number of benzene rings is 2. The topological polar surface area (TPSA) is 63.2 Å². The maximum atomic E-state index is 14.1. The molecule has 2 aromatic carbocycles. The molecule has 1 heterocycles. The van der Waals surface area contributed by atoms with E-state index in [1.807, 2.05) is 38.1 Å². The van der Waals surface area contributed by atoms with E-state index in [0.717, 1.165) is 17.0 Å². The van der Waals surface area contributed by atoms with Gasteiger partial charge >= 0.3 is 6.03 Å². The number of ether oxygens (including phenoxy) is 1. The number of hydrogen-bond donors (Lipinski definition) is 1. The fourth-order valence-corrected chi connectivity index (χ4v) is 3.12. The largest absolute Gasteiger partial charge is 0.497 e. The monoisotopic (exact) mass is 399 g/mol. The van der Waals surface area contributed by atoms with E-state index >= 15 is 0 Å². The average Bonchev–Trinajstić information content (AvgIpc) is 3.17. The summed E-state index contributed by atoms with van der Waals surface area (Å²) in [5.41, 5.74) is 2.22. The zero-order valence-electron chi connectivity index (χ0n) is 16.9. The van der Waals surface area contributed by atoms with Gasteiger partial charge in [-0.15, -0.1) is 0 Å². The van der Waals surface area contributed by atoms with Crippen LogP contribution in [0.4, 0.5) is 9.18 Å². The second kappa shape index (κ2) is 9.41. The number of halogens is 1. The Morgan fingerprint density at radius 3 is 2.66 bits per heavy atom. The molecule has 0 bridgehead atoms. The highest BCUT2D eigenvalue weighted by atomic mass is 19.1. The van der Waals surface area contributed by atoms with Gasteiger partial charge in [-0.3, -0.25) is 0 Å². The predicted molar refractivity (Wildman–Crippen MR) is 109 cm³/mol. The lowest BCUT2D eigenvalue weighted by Gasteiger charge is -2.26. The quantitative estimate of drug-likeness (QED) is 0.767. The lowest BCUT2D eigenvalue weighted by molar-refractivity contribution is 0.0584. The maximum absolute atomic E-state index is 14.1. The summed E-state index contributed by atoms with van der Waals surface area (Å²) >= 11 is 0. The molecule has 0 aliphatic carbocycles. The minimum absolute atomic E-state index is 0.0266. The Morgan fingerprint density at radius 2 is 2.00 bits per heavy atom. The van der Waals surface area contributed by atoms with Crippen molar-refractivity contribution >= 4 is 11.7 Å². The van der Waals surface area contributed by atoms with Crippen molar-refractivity contribution in [1.82, 2.24) is 10.2 Å². The molecule has 1 N–H and O–H groups in total. The molecule has 1 atom stereocenters. The number of carbonyl (C=O) groups excluding carboxylic acids is 1. The zero-order chi connectivity index (χ0) is 20.8. The molecule has 0 spiro atoms.